The third kappa shape index (κ3) is 3.00. The second-order valence-corrected chi connectivity index (χ2v) is 5.33. The highest BCUT2D eigenvalue weighted by molar-refractivity contribution is 7.99. The minimum atomic E-state index is -0.243. The van der Waals surface area contributed by atoms with E-state index >= 15 is 0 Å². The summed E-state index contributed by atoms with van der Waals surface area (Å²) in [5, 5.41) is 10.0. The highest BCUT2D eigenvalue weighted by Gasteiger charge is 2.23. The van der Waals surface area contributed by atoms with E-state index in [-0.39, 0.29) is 6.10 Å². The summed E-state index contributed by atoms with van der Waals surface area (Å²) in [7, 11) is 0. The maximum atomic E-state index is 10.0. The van der Waals surface area contributed by atoms with Crippen molar-refractivity contribution in [1.29, 1.82) is 0 Å². The standard InChI is InChI=1S/C13H18O2S/c1-10-4-2-3-5-13(10)16-9-12(14)11-6-7-15-8-11/h2-5,11-12,14H,6-9H2,1H3. The van der Waals surface area contributed by atoms with Crippen LogP contribution in [0.3, 0.4) is 0 Å². The zero-order valence-electron chi connectivity index (χ0n) is 9.56. The fourth-order valence-corrected chi connectivity index (χ4v) is 2.98. The first kappa shape index (κ1) is 12.0. The number of rotatable bonds is 4. The van der Waals surface area contributed by atoms with Crippen LogP contribution in [0.4, 0.5) is 0 Å². The molecule has 1 aromatic rings. The Labute approximate surface area is 101 Å². The molecule has 1 aliphatic heterocycles. The average molecular weight is 238 g/mol. The zero-order valence-corrected chi connectivity index (χ0v) is 10.4. The number of aryl methyl sites for hydroxylation is 1. The van der Waals surface area contributed by atoms with E-state index in [2.05, 4.69) is 19.1 Å². The van der Waals surface area contributed by atoms with Gasteiger partial charge in [-0.3, -0.25) is 0 Å². The van der Waals surface area contributed by atoms with Gasteiger partial charge in [0.1, 0.15) is 0 Å². The van der Waals surface area contributed by atoms with E-state index < -0.39 is 0 Å². The van der Waals surface area contributed by atoms with Gasteiger partial charge in [0.2, 0.25) is 0 Å². The lowest BCUT2D eigenvalue weighted by Crippen LogP contribution is -2.22. The molecule has 0 radical (unpaired) electrons. The molecule has 0 aromatic heterocycles. The number of aliphatic hydroxyl groups is 1. The Morgan fingerprint density at radius 1 is 1.50 bits per heavy atom. The van der Waals surface area contributed by atoms with E-state index in [1.54, 1.807) is 11.8 Å². The highest BCUT2D eigenvalue weighted by Crippen LogP contribution is 2.26. The van der Waals surface area contributed by atoms with Gasteiger partial charge in [0.05, 0.1) is 12.7 Å². The first-order valence-electron chi connectivity index (χ1n) is 5.71. The van der Waals surface area contributed by atoms with Crippen molar-refractivity contribution in [3.8, 4) is 0 Å². The van der Waals surface area contributed by atoms with Crippen molar-refractivity contribution in [3.05, 3.63) is 29.8 Å². The number of thioether (sulfide) groups is 1. The van der Waals surface area contributed by atoms with Gasteiger partial charge in [-0.05, 0) is 25.0 Å². The maximum Gasteiger partial charge on any atom is 0.0685 e. The van der Waals surface area contributed by atoms with Gasteiger partial charge in [-0.25, -0.2) is 0 Å². The molecule has 2 nitrogen and oxygen atoms in total. The third-order valence-electron chi connectivity index (χ3n) is 3.01. The van der Waals surface area contributed by atoms with Crippen LogP contribution in [-0.4, -0.2) is 30.2 Å². The van der Waals surface area contributed by atoms with Crippen LogP contribution >= 0.6 is 11.8 Å². The Morgan fingerprint density at radius 2 is 2.31 bits per heavy atom. The fraction of sp³-hybridized carbons (Fsp3) is 0.538. The summed E-state index contributed by atoms with van der Waals surface area (Å²) in [6.45, 7) is 3.62. The van der Waals surface area contributed by atoms with E-state index in [9.17, 15) is 5.11 Å². The monoisotopic (exact) mass is 238 g/mol. The summed E-state index contributed by atoms with van der Waals surface area (Å²) < 4.78 is 5.28. The van der Waals surface area contributed by atoms with Crippen LogP contribution in [0.2, 0.25) is 0 Å². The summed E-state index contributed by atoms with van der Waals surface area (Å²) in [5.74, 6) is 1.09. The molecule has 88 valence electrons. The van der Waals surface area contributed by atoms with Gasteiger partial charge in [-0.1, -0.05) is 18.2 Å². The van der Waals surface area contributed by atoms with Crippen LogP contribution in [0, 0.1) is 12.8 Å². The van der Waals surface area contributed by atoms with Crippen molar-refractivity contribution in [3.63, 3.8) is 0 Å². The van der Waals surface area contributed by atoms with E-state index in [4.69, 9.17) is 4.74 Å². The quantitative estimate of drug-likeness (QED) is 0.817. The van der Waals surface area contributed by atoms with Crippen LogP contribution in [-0.2, 0) is 4.74 Å². The van der Waals surface area contributed by atoms with E-state index in [0.29, 0.717) is 5.92 Å². The van der Waals surface area contributed by atoms with Crippen LogP contribution in [0.25, 0.3) is 0 Å². The first-order chi connectivity index (χ1) is 7.77. The Hall–Kier alpha value is -0.510. The molecule has 0 saturated carbocycles. The number of benzene rings is 1. The van der Waals surface area contributed by atoms with Crippen molar-refractivity contribution in [2.75, 3.05) is 19.0 Å². The number of aliphatic hydroxyl groups excluding tert-OH is 1. The number of hydrogen-bond donors (Lipinski definition) is 1. The molecule has 1 aromatic carbocycles. The average Bonchev–Trinajstić information content (AvgIpc) is 2.81. The summed E-state index contributed by atoms with van der Waals surface area (Å²) >= 11 is 1.74. The predicted octanol–water partition coefficient (Wildman–Crippen LogP) is 2.48. The van der Waals surface area contributed by atoms with Gasteiger partial charge in [-0.15, -0.1) is 11.8 Å². The van der Waals surface area contributed by atoms with Crippen LogP contribution in [0.5, 0.6) is 0 Å². The van der Waals surface area contributed by atoms with Crippen LogP contribution in [0.1, 0.15) is 12.0 Å². The fourth-order valence-electron chi connectivity index (χ4n) is 1.89. The van der Waals surface area contributed by atoms with Gasteiger partial charge in [0.15, 0.2) is 0 Å². The minimum Gasteiger partial charge on any atom is -0.392 e. The minimum absolute atomic E-state index is 0.243. The van der Waals surface area contributed by atoms with E-state index in [1.807, 2.05) is 12.1 Å². The summed E-state index contributed by atoms with van der Waals surface area (Å²) in [6.07, 6.45) is 0.752. The normalized spacial score (nSPS) is 22.2. The molecular weight excluding hydrogens is 220 g/mol. The Balaban J connectivity index is 1.84. The molecule has 2 rings (SSSR count). The molecule has 1 aliphatic rings. The van der Waals surface area contributed by atoms with Crippen LogP contribution < -0.4 is 0 Å². The topological polar surface area (TPSA) is 29.5 Å². The molecule has 16 heavy (non-hydrogen) atoms. The third-order valence-corrected chi connectivity index (χ3v) is 4.29. The molecule has 1 heterocycles. The lowest BCUT2D eigenvalue weighted by Gasteiger charge is -2.16. The van der Waals surface area contributed by atoms with Gasteiger partial charge in [0.25, 0.3) is 0 Å². The van der Waals surface area contributed by atoms with E-state index in [0.717, 1.165) is 25.4 Å². The molecule has 1 N–H and O–H groups in total. The maximum absolute atomic E-state index is 10.0. The Bertz CT molecular complexity index is 334. The molecular formula is C13H18O2S. The van der Waals surface area contributed by atoms with Crippen molar-refractivity contribution in [1.82, 2.24) is 0 Å². The Morgan fingerprint density at radius 3 is 3.00 bits per heavy atom. The smallest absolute Gasteiger partial charge is 0.0685 e. The second kappa shape index (κ2) is 5.71. The highest BCUT2D eigenvalue weighted by atomic mass is 32.2. The lowest BCUT2D eigenvalue weighted by molar-refractivity contribution is 0.109. The van der Waals surface area contributed by atoms with Gasteiger partial charge < -0.3 is 9.84 Å². The van der Waals surface area contributed by atoms with Gasteiger partial charge in [-0.2, -0.15) is 0 Å². The zero-order chi connectivity index (χ0) is 11.4. The SMILES string of the molecule is Cc1ccccc1SCC(O)C1CCOC1. The molecule has 2 atom stereocenters. The molecule has 0 bridgehead atoms. The van der Waals surface area contributed by atoms with Crippen molar-refractivity contribution in [2.24, 2.45) is 5.92 Å². The van der Waals surface area contributed by atoms with Crippen molar-refractivity contribution < 1.29 is 9.84 Å². The first-order valence-corrected chi connectivity index (χ1v) is 6.70. The molecule has 0 aliphatic carbocycles. The van der Waals surface area contributed by atoms with Crippen molar-refractivity contribution >= 4 is 11.8 Å². The molecule has 1 saturated heterocycles. The predicted molar refractivity (Wildman–Crippen MR) is 66.8 cm³/mol. The second-order valence-electron chi connectivity index (χ2n) is 4.27. The van der Waals surface area contributed by atoms with Crippen molar-refractivity contribution in [2.45, 2.75) is 24.3 Å². The number of ether oxygens (including phenoxy) is 1. The summed E-state index contributed by atoms with van der Waals surface area (Å²) in [5.41, 5.74) is 1.28. The lowest BCUT2D eigenvalue weighted by atomic mass is 10.0. The molecule has 2 unspecified atom stereocenters. The molecule has 0 amide bonds. The Kier molecular flexibility index (Phi) is 4.27. The molecule has 1 fully saturated rings. The molecule has 0 spiro atoms. The summed E-state index contributed by atoms with van der Waals surface area (Å²) in [6, 6.07) is 8.30. The largest absolute Gasteiger partial charge is 0.392 e. The number of hydrogen-bond acceptors (Lipinski definition) is 3. The molecule has 3 heteroatoms. The summed E-state index contributed by atoms with van der Waals surface area (Å²) in [4.78, 5) is 1.26. The van der Waals surface area contributed by atoms with Gasteiger partial charge in [0, 0.05) is 23.2 Å². The van der Waals surface area contributed by atoms with E-state index in [1.165, 1.54) is 10.5 Å². The van der Waals surface area contributed by atoms with Crippen LogP contribution in [0.15, 0.2) is 29.2 Å². The van der Waals surface area contributed by atoms with Gasteiger partial charge >= 0.3 is 0 Å².